The van der Waals surface area contributed by atoms with Gasteiger partial charge in [0.15, 0.2) is 0 Å². The van der Waals surface area contributed by atoms with Crippen LogP contribution >= 0.6 is 0 Å². The summed E-state index contributed by atoms with van der Waals surface area (Å²) < 4.78 is 0. The molecule has 0 aliphatic heterocycles. The molecule has 5 aromatic carbocycles. The molecule has 0 amide bonds. The van der Waals surface area contributed by atoms with Crippen LogP contribution in [0.5, 0.6) is 0 Å². The fourth-order valence-electron chi connectivity index (χ4n) is 4.18. The standard InChI is InChI=1S/C30H25N/c1-31(2)28-15-7-12-24(21-28)25-17-18-30-27(20-25)14-8-16-29(30)26-13-6-11-23(19-26)22-9-4-3-5-10-22/h3-21H,1-2H3. The highest BCUT2D eigenvalue weighted by Crippen LogP contribution is 2.34. The van der Waals surface area contributed by atoms with Crippen molar-refractivity contribution in [2.45, 2.75) is 0 Å². The van der Waals surface area contributed by atoms with Crippen molar-refractivity contribution >= 4 is 16.5 Å². The first-order valence-corrected chi connectivity index (χ1v) is 10.7. The molecule has 31 heavy (non-hydrogen) atoms. The third kappa shape index (κ3) is 3.83. The van der Waals surface area contributed by atoms with Gasteiger partial charge in [-0.05, 0) is 68.4 Å². The normalized spacial score (nSPS) is 10.9. The quantitative estimate of drug-likeness (QED) is 0.297. The van der Waals surface area contributed by atoms with Gasteiger partial charge in [-0.2, -0.15) is 0 Å². The Labute approximate surface area is 184 Å². The van der Waals surface area contributed by atoms with Gasteiger partial charge in [0.2, 0.25) is 0 Å². The summed E-state index contributed by atoms with van der Waals surface area (Å²) in [5.41, 5.74) is 8.69. The SMILES string of the molecule is CN(C)c1cccc(-c2ccc3c(-c4cccc(-c5ccccc5)c4)cccc3c2)c1. The predicted octanol–water partition coefficient (Wildman–Crippen LogP) is 7.91. The van der Waals surface area contributed by atoms with Gasteiger partial charge in [-0.15, -0.1) is 0 Å². The van der Waals surface area contributed by atoms with Crippen LogP contribution in [0.2, 0.25) is 0 Å². The molecular formula is C30H25N. The van der Waals surface area contributed by atoms with Gasteiger partial charge in [0.05, 0.1) is 0 Å². The maximum absolute atomic E-state index is 2.30. The molecule has 0 radical (unpaired) electrons. The lowest BCUT2D eigenvalue weighted by Gasteiger charge is -2.14. The van der Waals surface area contributed by atoms with Gasteiger partial charge in [0.25, 0.3) is 0 Å². The van der Waals surface area contributed by atoms with Gasteiger partial charge in [-0.1, -0.05) is 91.0 Å². The molecule has 5 rings (SSSR count). The molecule has 0 spiro atoms. The molecule has 0 fully saturated rings. The molecule has 0 unspecified atom stereocenters. The van der Waals surface area contributed by atoms with Crippen LogP contribution in [-0.2, 0) is 0 Å². The third-order valence-electron chi connectivity index (χ3n) is 5.86. The van der Waals surface area contributed by atoms with E-state index in [1.54, 1.807) is 0 Å². The number of fused-ring (bicyclic) bond motifs is 1. The van der Waals surface area contributed by atoms with E-state index in [0.29, 0.717) is 0 Å². The van der Waals surface area contributed by atoms with Crippen molar-refractivity contribution in [3.05, 3.63) is 115 Å². The first-order chi connectivity index (χ1) is 15.2. The topological polar surface area (TPSA) is 3.24 Å². The molecule has 0 N–H and O–H groups in total. The molecule has 0 atom stereocenters. The van der Waals surface area contributed by atoms with E-state index >= 15 is 0 Å². The molecule has 0 aliphatic carbocycles. The molecule has 0 aliphatic rings. The number of benzene rings is 5. The molecule has 5 aromatic rings. The monoisotopic (exact) mass is 399 g/mol. The summed E-state index contributed by atoms with van der Waals surface area (Å²) in [5, 5.41) is 2.54. The van der Waals surface area contributed by atoms with Crippen LogP contribution in [0.4, 0.5) is 5.69 Å². The average molecular weight is 400 g/mol. The third-order valence-corrected chi connectivity index (χ3v) is 5.86. The van der Waals surface area contributed by atoms with Crippen molar-refractivity contribution < 1.29 is 0 Å². The zero-order chi connectivity index (χ0) is 21.2. The minimum atomic E-state index is 1.21. The van der Waals surface area contributed by atoms with E-state index in [9.17, 15) is 0 Å². The summed E-state index contributed by atoms with van der Waals surface area (Å²) in [5.74, 6) is 0. The van der Waals surface area contributed by atoms with Crippen LogP contribution in [-0.4, -0.2) is 14.1 Å². The predicted molar refractivity (Wildman–Crippen MR) is 135 cm³/mol. The first-order valence-electron chi connectivity index (χ1n) is 10.7. The largest absolute Gasteiger partial charge is 0.378 e. The Morgan fingerprint density at radius 1 is 0.452 bits per heavy atom. The van der Waals surface area contributed by atoms with Gasteiger partial charge >= 0.3 is 0 Å². The smallest absolute Gasteiger partial charge is 0.0367 e. The second-order valence-electron chi connectivity index (χ2n) is 8.13. The van der Waals surface area contributed by atoms with Crippen molar-refractivity contribution in [1.29, 1.82) is 0 Å². The minimum absolute atomic E-state index is 1.21. The fourth-order valence-corrected chi connectivity index (χ4v) is 4.18. The Hall–Kier alpha value is -3.84. The lowest BCUT2D eigenvalue weighted by Crippen LogP contribution is -2.08. The maximum atomic E-state index is 2.30. The summed E-state index contributed by atoms with van der Waals surface area (Å²) in [7, 11) is 4.16. The summed E-state index contributed by atoms with van der Waals surface area (Å²) in [4.78, 5) is 2.14. The lowest BCUT2D eigenvalue weighted by molar-refractivity contribution is 1.13. The second-order valence-corrected chi connectivity index (χ2v) is 8.13. The number of hydrogen-bond donors (Lipinski definition) is 0. The molecule has 0 heterocycles. The molecular weight excluding hydrogens is 374 g/mol. The Morgan fingerprint density at radius 3 is 1.90 bits per heavy atom. The molecule has 0 saturated heterocycles. The number of nitrogens with zero attached hydrogens (tertiary/aromatic N) is 1. The van der Waals surface area contributed by atoms with Gasteiger partial charge < -0.3 is 4.90 Å². The van der Waals surface area contributed by atoms with Gasteiger partial charge in [-0.3, -0.25) is 0 Å². The van der Waals surface area contributed by atoms with E-state index in [2.05, 4.69) is 134 Å². The Morgan fingerprint density at radius 2 is 1.10 bits per heavy atom. The Bertz CT molecular complexity index is 1350. The van der Waals surface area contributed by atoms with E-state index in [4.69, 9.17) is 0 Å². The summed E-state index contributed by atoms with van der Waals surface area (Å²) >= 11 is 0. The Kier molecular flexibility index (Phi) is 5.01. The van der Waals surface area contributed by atoms with Gasteiger partial charge in [0, 0.05) is 19.8 Å². The van der Waals surface area contributed by atoms with Crippen molar-refractivity contribution in [3.8, 4) is 33.4 Å². The average Bonchev–Trinajstić information content (AvgIpc) is 2.84. The summed E-state index contributed by atoms with van der Waals surface area (Å²) in [6.07, 6.45) is 0. The molecule has 1 heteroatoms. The summed E-state index contributed by atoms with van der Waals surface area (Å²) in [6, 6.07) is 41.5. The van der Waals surface area contributed by atoms with Crippen LogP contribution in [0.25, 0.3) is 44.2 Å². The maximum Gasteiger partial charge on any atom is 0.0367 e. The van der Waals surface area contributed by atoms with E-state index in [0.717, 1.165) is 0 Å². The highest BCUT2D eigenvalue weighted by molar-refractivity contribution is 5.99. The molecule has 0 bridgehead atoms. The number of rotatable bonds is 4. The van der Waals surface area contributed by atoms with Crippen LogP contribution in [0.3, 0.4) is 0 Å². The summed E-state index contributed by atoms with van der Waals surface area (Å²) in [6.45, 7) is 0. The van der Waals surface area contributed by atoms with Crippen molar-refractivity contribution in [2.75, 3.05) is 19.0 Å². The number of hydrogen-bond acceptors (Lipinski definition) is 1. The highest BCUT2D eigenvalue weighted by atomic mass is 15.1. The molecule has 1 nitrogen and oxygen atoms in total. The first kappa shape index (κ1) is 19.1. The van der Waals surface area contributed by atoms with E-state index in [1.807, 2.05) is 0 Å². The Balaban J connectivity index is 1.58. The molecule has 0 saturated carbocycles. The van der Waals surface area contributed by atoms with E-state index < -0.39 is 0 Å². The van der Waals surface area contributed by atoms with E-state index in [1.165, 1.54) is 49.8 Å². The highest BCUT2D eigenvalue weighted by Gasteiger charge is 2.08. The van der Waals surface area contributed by atoms with Gasteiger partial charge in [0.1, 0.15) is 0 Å². The second kappa shape index (κ2) is 8.12. The van der Waals surface area contributed by atoms with Crippen LogP contribution in [0, 0.1) is 0 Å². The number of anilines is 1. The zero-order valence-corrected chi connectivity index (χ0v) is 17.9. The fraction of sp³-hybridized carbons (Fsp3) is 0.0667. The van der Waals surface area contributed by atoms with E-state index in [-0.39, 0.29) is 0 Å². The lowest BCUT2D eigenvalue weighted by atomic mass is 9.93. The van der Waals surface area contributed by atoms with Crippen LogP contribution in [0.15, 0.2) is 115 Å². The minimum Gasteiger partial charge on any atom is -0.378 e. The van der Waals surface area contributed by atoms with Crippen LogP contribution in [0.1, 0.15) is 0 Å². The van der Waals surface area contributed by atoms with Crippen molar-refractivity contribution in [1.82, 2.24) is 0 Å². The molecule has 0 aromatic heterocycles. The van der Waals surface area contributed by atoms with Crippen LogP contribution < -0.4 is 4.90 Å². The molecule has 150 valence electrons. The zero-order valence-electron chi connectivity index (χ0n) is 17.9. The van der Waals surface area contributed by atoms with Gasteiger partial charge in [-0.25, -0.2) is 0 Å². The van der Waals surface area contributed by atoms with Crippen molar-refractivity contribution in [3.63, 3.8) is 0 Å². The van der Waals surface area contributed by atoms with Crippen molar-refractivity contribution in [2.24, 2.45) is 0 Å².